The van der Waals surface area contributed by atoms with Crippen molar-refractivity contribution in [3.8, 4) is 11.4 Å². The third-order valence-electron chi connectivity index (χ3n) is 8.57. The summed E-state index contributed by atoms with van der Waals surface area (Å²) in [6, 6.07) is 7.08. The Morgan fingerprint density at radius 3 is 2.38 bits per heavy atom. The number of alkyl halides is 2. The summed E-state index contributed by atoms with van der Waals surface area (Å²) >= 11 is 0. The minimum absolute atomic E-state index is 0.0956. The van der Waals surface area contributed by atoms with Crippen LogP contribution in [0.3, 0.4) is 0 Å². The van der Waals surface area contributed by atoms with Crippen LogP contribution >= 0.6 is 0 Å². The molecule has 3 aromatic rings. The highest BCUT2D eigenvalue weighted by Crippen LogP contribution is 2.47. The van der Waals surface area contributed by atoms with Crippen molar-refractivity contribution >= 4 is 16.9 Å². The van der Waals surface area contributed by atoms with Crippen LogP contribution in [0.1, 0.15) is 58.3 Å². The van der Waals surface area contributed by atoms with Crippen LogP contribution < -0.4 is 10.3 Å². The number of ether oxygens (including phenoxy) is 1. The van der Waals surface area contributed by atoms with Gasteiger partial charge < -0.3 is 14.7 Å². The second-order valence-corrected chi connectivity index (χ2v) is 11.7. The standard InChI is InChI=1S/C28H33F2N5O4/c1-26(10-11-26)25(37)33-14-12-27(38,13-15-33)17-34-18-31-23-22(24(34)36)16-32-35(23)19-2-4-20(5-3-19)39-21-6-8-28(29,30)9-7-21/h2-5,16,18,21,38H,6-15,17H2,1H3. The van der Waals surface area contributed by atoms with Crippen molar-refractivity contribution in [1.82, 2.24) is 24.2 Å². The summed E-state index contributed by atoms with van der Waals surface area (Å²) < 4.78 is 35.7. The summed E-state index contributed by atoms with van der Waals surface area (Å²) in [7, 11) is 0. The minimum atomic E-state index is -2.60. The van der Waals surface area contributed by atoms with Crippen molar-refractivity contribution in [2.24, 2.45) is 5.41 Å². The van der Waals surface area contributed by atoms with Crippen LogP contribution in [0.15, 0.2) is 41.6 Å². The molecule has 3 aliphatic rings. The fourth-order valence-corrected chi connectivity index (χ4v) is 5.62. The highest BCUT2D eigenvalue weighted by atomic mass is 19.3. The summed E-state index contributed by atoms with van der Waals surface area (Å²) in [4.78, 5) is 32.2. The van der Waals surface area contributed by atoms with Gasteiger partial charge in [-0.05, 0) is 62.8 Å². The van der Waals surface area contributed by atoms with Gasteiger partial charge in [-0.25, -0.2) is 18.4 Å². The Morgan fingerprint density at radius 1 is 1.08 bits per heavy atom. The Bertz CT molecular complexity index is 1430. The fourth-order valence-electron chi connectivity index (χ4n) is 5.62. The van der Waals surface area contributed by atoms with Crippen LogP contribution in [-0.4, -0.2) is 66.0 Å². The van der Waals surface area contributed by atoms with Crippen molar-refractivity contribution in [1.29, 1.82) is 0 Å². The van der Waals surface area contributed by atoms with Gasteiger partial charge in [-0.15, -0.1) is 0 Å². The second-order valence-electron chi connectivity index (χ2n) is 11.7. The van der Waals surface area contributed by atoms with E-state index in [1.54, 1.807) is 28.9 Å². The number of benzene rings is 1. The molecule has 0 unspecified atom stereocenters. The number of aromatic nitrogens is 4. The maximum Gasteiger partial charge on any atom is 0.264 e. The molecule has 39 heavy (non-hydrogen) atoms. The number of halogens is 2. The molecule has 1 aromatic carbocycles. The first-order chi connectivity index (χ1) is 18.5. The summed E-state index contributed by atoms with van der Waals surface area (Å²) in [6.45, 7) is 3.03. The Kier molecular flexibility index (Phi) is 6.24. The van der Waals surface area contributed by atoms with Crippen molar-refractivity contribution in [2.45, 2.75) is 82.5 Å². The number of hydrogen-bond acceptors (Lipinski definition) is 6. The first-order valence-electron chi connectivity index (χ1n) is 13.6. The third kappa shape index (κ3) is 5.16. The first-order valence-corrected chi connectivity index (χ1v) is 13.6. The Balaban J connectivity index is 1.13. The monoisotopic (exact) mass is 541 g/mol. The molecule has 11 heteroatoms. The average molecular weight is 542 g/mol. The maximum absolute atomic E-state index is 13.4. The summed E-state index contributed by atoms with van der Waals surface area (Å²) in [5, 5.41) is 15.9. The number of carbonyl (C=O) groups excluding carboxylic acids is 1. The molecule has 6 rings (SSSR count). The molecular formula is C28H33F2N5O4. The molecule has 1 saturated heterocycles. The number of hydrogen-bond donors (Lipinski definition) is 1. The summed E-state index contributed by atoms with van der Waals surface area (Å²) in [5.74, 6) is -1.84. The Labute approximate surface area is 224 Å². The molecule has 1 amide bonds. The van der Waals surface area contributed by atoms with E-state index in [-0.39, 0.29) is 42.4 Å². The van der Waals surface area contributed by atoms with Crippen LogP contribution in [0.25, 0.3) is 16.7 Å². The van der Waals surface area contributed by atoms with Gasteiger partial charge in [0, 0.05) is 31.3 Å². The molecule has 9 nitrogen and oxygen atoms in total. The topological polar surface area (TPSA) is 102 Å². The molecule has 0 bridgehead atoms. The van der Waals surface area contributed by atoms with Crippen LogP contribution in [0.5, 0.6) is 5.75 Å². The van der Waals surface area contributed by atoms with E-state index in [0.29, 0.717) is 61.2 Å². The second kappa shape index (κ2) is 9.39. The van der Waals surface area contributed by atoms with Gasteiger partial charge in [-0.2, -0.15) is 5.10 Å². The molecule has 3 heterocycles. The van der Waals surface area contributed by atoms with E-state index in [1.807, 2.05) is 11.8 Å². The molecule has 1 aliphatic heterocycles. The van der Waals surface area contributed by atoms with E-state index in [0.717, 1.165) is 12.8 Å². The lowest BCUT2D eigenvalue weighted by Gasteiger charge is -2.39. The number of aliphatic hydroxyl groups is 1. The molecule has 0 spiro atoms. The molecule has 1 N–H and O–H groups in total. The highest BCUT2D eigenvalue weighted by molar-refractivity contribution is 5.85. The lowest BCUT2D eigenvalue weighted by molar-refractivity contribution is -0.141. The average Bonchev–Trinajstić information content (AvgIpc) is 3.52. The van der Waals surface area contributed by atoms with Crippen molar-refractivity contribution in [2.75, 3.05) is 13.1 Å². The first kappa shape index (κ1) is 25.9. The highest BCUT2D eigenvalue weighted by Gasteiger charge is 2.48. The van der Waals surface area contributed by atoms with E-state index in [2.05, 4.69) is 10.1 Å². The lowest BCUT2D eigenvalue weighted by atomic mass is 9.90. The Morgan fingerprint density at radius 2 is 1.74 bits per heavy atom. The van der Waals surface area contributed by atoms with Gasteiger partial charge in [0.15, 0.2) is 5.65 Å². The van der Waals surface area contributed by atoms with E-state index in [1.165, 1.54) is 17.1 Å². The van der Waals surface area contributed by atoms with Crippen LogP contribution in [0.2, 0.25) is 0 Å². The van der Waals surface area contributed by atoms with Crippen molar-refractivity contribution in [3.63, 3.8) is 0 Å². The van der Waals surface area contributed by atoms with Gasteiger partial charge in [-0.3, -0.25) is 14.2 Å². The molecule has 0 atom stereocenters. The van der Waals surface area contributed by atoms with Crippen molar-refractivity contribution in [3.05, 3.63) is 47.1 Å². The largest absolute Gasteiger partial charge is 0.490 e. The molecule has 0 radical (unpaired) electrons. The van der Waals surface area contributed by atoms with Crippen LogP contribution in [-0.2, 0) is 11.3 Å². The SMILES string of the molecule is CC1(C(=O)N2CCC(O)(Cn3cnc4c(cnn4-c4ccc(OC5CCC(F)(F)CC5)cc4)c3=O)CC2)CC1. The summed E-state index contributed by atoms with van der Waals surface area (Å²) in [5.41, 5.74) is -0.551. The number of likely N-dealkylation sites (tertiary alicyclic amines) is 1. The van der Waals surface area contributed by atoms with Gasteiger partial charge in [0.2, 0.25) is 11.8 Å². The van der Waals surface area contributed by atoms with E-state index in [4.69, 9.17) is 4.74 Å². The Hall–Kier alpha value is -3.34. The van der Waals surface area contributed by atoms with Gasteiger partial charge in [0.1, 0.15) is 17.5 Å². The zero-order chi connectivity index (χ0) is 27.4. The van der Waals surface area contributed by atoms with Gasteiger partial charge in [-0.1, -0.05) is 6.92 Å². The molecule has 2 aromatic heterocycles. The zero-order valence-corrected chi connectivity index (χ0v) is 22.0. The van der Waals surface area contributed by atoms with E-state index < -0.39 is 11.5 Å². The van der Waals surface area contributed by atoms with E-state index >= 15 is 0 Å². The molecule has 2 saturated carbocycles. The number of amides is 1. The van der Waals surface area contributed by atoms with Gasteiger partial charge in [0.05, 0.1) is 30.1 Å². The molecular weight excluding hydrogens is 508 g/mol. The van der Waals surface area contributed by atoms with Gasteiger partial charge in [0.25, 0.3) is 5.56 Å². The fraction of sp³-hybridized carbons (Fsp3) is 0.571. The zero-order valence-electron chi connectivity index (χ0n) is 22.0. The number of nitrogens with zero attached hydrogens (tertiary/aromatic N) is 5. The van der Waals surface area contributed by atoms with Crippen molar-refractivity contribution < 1.29 is 23.4 Å². The third-order valence-corrected chi connectivity index (χ3v) is 8.57. The van der Waals surface area contributed by atoms with Gasteiger partial charge >= 0.3 is 0 Å². The number of fused-ring (bicyclic) bond motifs is 1. The number of rotatable bonds is 6. The summed E-state index contributed by atoms with van der Waals surface area (Å²) in [6.07, 6.45) is 5.62. The quantitative estimate of drug-likeness (QED) is 0.511. The number of carbonyl (C=O) groups is 1. The smallest absolute Gasteiger partial charge is 0.264 e. The molecule has 208 valence electrons. The normalized spacial score (nSPS) is 22.1. The predicted molar refractivity (Wildman–Crippen MR) is 139 cm³/mol. The molecule has 3 fully saturated rings. The maximum atomic E-state index is 13.4. The van der Waals surface area contributed by atoms with Crippen LogP contribution in [0, 0.1) is 5.41 Å². The number of piperidine rings is 1. The molecule has 2 aliphatic carbocycles. The van der Waals surface area contributed by atoms with Crippen LogP contribution in [0.4, 0.5) is 8.78 Å². The van der Waals surface area contributed by atoms with E-state index in [9.17, 15) is 23.5 Å². The lowest BCUT2D eigenvalue weighted by Crippen LogP contribution is -2.51. The minimum Gasteiger partial charge on any atom is -0.490 e. The predicted octanol–water partition coefficient (Wildman–Crippen LogP) is 3.69.